The van der Waals surface area contributed by atoms with E-state index < -0.39 is 5.97 Å². The second kappa shape index (κ2) is 6.71. The zero-order valence-electron chi connectivity index (χ0n) is 12.4. The van der Waals surface area contributed by atoms with Crippen molar-refractivity contribution in [3.05, 3.63) is 64.6 Å². The highest BCUT2D eigenvalue weighted by molar-refractivity contribution is 6.08. The maximum atomic E-state index is 12.7. The lowest BCUT2D eigenvalue weighted by molar-refractivity contribution is -0.138. The molecule has 2 rings (SSSR count). The average Bonchev–Trinajstić information content (AvgIpc) is 2.55. The van der Waals surface area contributed by atoms with Crippen molar-refractivity contribution in [2.45, 2.75) is 0 Å². The molecule has 0 fully saturated rings. The molecule has 22 heavy (non-hydrogen) atoms. The van der Waals surface area contributed by atoms with Crippen molar-refractivity contribution in [3.8, 4) is 0 Å². The molecule has 1 heterocycles. The number of ether oxygens (including phenoxy) is 1. The van der Waals surface area contributed by atoms with Crippen LogP contribution in [0.15, 0.2) is 53.5 Å². The van der Waals surface area contributed by atoms with Gasteiger partial charge >= 0.3 is 5.97 Å². The highest BCUT2D eigenvalue weighted by Crippen LogP contribution is 2.16. The number of benzene rings is 1. The van der Waals surface area contributed by atoms with Crippen LogP contribution >= 0.6 is 0 Å². The van der Waals surface area contributed by atoms with Gasteiger partial charge in [0.15, 0.2) is 0 Å². The van der Waals surface area contributed by atoms with Gasteiger partial charge in [0.2, 0.25) is 5.56 Å². The molecular weight excluding hydrogens is 284 g/mol. The summed E-state index contributed by atoms with van der Waals surface area (Å²) >= 11 is 0. The van der Waals surface area contributed by atoms with Gasteiger partial charge in [-0.2, -0.15) is 0 Å². The van der Waals surface area contributed by atoms with Gasteiger partial charge in [-0.25, -0.2) is 0 Å². The number of aromatic nitrogens is 1. The van der Waals surface area contributed by atoms with E-state index in [4.69, 9.17) is 0 Å². The van der Waals surface area contributed by atoms with Gasteiger partial charge in [-0.05, 0) is 18.2 Å². The van der Waals surface area contributed by atoms with E-state index in [-0.39, 0.29) is 18.0 Å². The standard InChI is InChI=1S/C16H16N2O4/c1-17-10-12(8-9-14(17)19)16(21)18(11-15(20)22-2)13-6-4-3-5-7-13/h3-10H,11H2,1-2H3. The molecule has 0 N–H and O–H groups in total. The third-order valence-corrected chi connectivity index (χ3v) is 3.16. The summed E-state index contributed by atoms with van der Waals surface area (Å²) in [6, 6.07) is 11.6. The Balaban J connectivity index is 2.39. The van der Waals surface area contributed by atoms with Crippen LogP contribution in [0.4, 0.5) is 5.69 Å². The van der Waals surface area contributed by atoms with Crippen LogP contribution < -0.4 is 10.5 Å². The number of anilines is 1. The predicted molar refractivity (Wildman–Crippen MR) is 81.8 cm³/mol. The van der Waals surface area contributed by atoms with Crippen molar-refractivity contribution in [3.63, 3.8) is 0 Å². The largest absolute Gasteiger partial charge is 0.468 e. The minimum Gasteiger partial charge on any atom is -0.468 e. The normalized spacial score (nSPS) is 10.1. The predicted octanol–water partition coefficient (Wildman–Crippen LogP) is 1.21. The molecule has 0 saturated carbocycles. The molecule has 0 aliphatic rings. The number of aryl methyl sites for hydroxylation is 1. The molecule has 0 atom stereocenters. The lowest BCUT2D eigenvalue weighted by Gasteiger charge is -2.21. The summed E-state index contributed by atoms with van der Waals surface area (Å²) in [4.78, 5) is 37.0. The Morgan fingerprint density at radius 3 is 2.41 bits per heavy atom. The molecule has 0 aliphatic heterocycles. The minimum absolute atomic E-state index is 0.206. The molecule has 0 radical (unpaired) electrons. The first kappa shape index (κ1) is 15.5. The van der Waals surface area contributed by atoms with Gasteiger partial charge in [0.05, 0.1) is 12.7 Å². The number of nitrogens with zero attached hydrogens (tertiary/aromatic N) is 2. The molecule has 6 heteroatoms. The van der Waals surface area contributed by atoms with Crippen molar-refractivity contribution < 1.29 is 14.3 Å². The van der Waals surface area contributed by atoms with E-state index in [2.05, 4.69) is 4.74 Å². The SMILES string of the molecule is COC(=O)CN(C(=O)c1ccc(=O)n(C)c1)c1ccccc1. The lowest BCUT2D eigenvalue weighted by Crippen LogP contribution is -2.36. The minimum atomic E-state index is -0.526. The number of amides is 1. The van der Waals surface area contributed by atoms with Crippen LogP contribution in [0, 0.1) is 0 Å². The van der Waals surface area contributed by atoms with Crippen molar-refractivity contribution in [2.75, 3.05) is 18.6 Å². The highest BCUT2D eigenvalue weighted by atomic mass is 16.5. The molecule has 0 saturated heterocycles. The lowest BCUT2D eigenvalue weighted by atomic mass is 10.2. The molecule has 1 amide bonds. The number of carbonyl (C=O) groups is 2. The van der Waals surface area contributed by atoms with E-state index in [0.29, 0.717) is 11.3 Å². The summed E-state index contributed by atoms with van der Waals surface area (Å²) in [6.45, 7) is -0.206. The fourth-order valence-electron chi connectivity index (χ4n) is 1.96. The summed E-state index contributed by atoms with van der Waals surface area (Å²) < 4.78 is 5.96. The van der Waals surface area contributed by atoms with Crippen molar-refractivity contribution in [2.24, 2.45) is 7.05 Å². The highest BCUT2D eigenvalue weighted by Gasteiger charge is 2.21. The summed E-state index contributed by atoms with van der Waals surface area (Å²) in [5.41, 5.74) is 0.678. The fourth-order valence-corrected chi connectivity index (χ4v) is 1.96. The smallest absolute Gasteiger partial charge is 0.325 e. The third kappa shape index (κ3) is 3.41. The number of carbonyl (C=O) groups excluding carboxylic acids is 2. The van der Waals surface area contributed by atoms with Gasteiger partial charge in [0.1, 0.15) is 6.54 Å². The number of methoxy groups -OCH3 is 1. The number of para-hydroxylation sites is 1. The number of hydrogen-bond acceptors (Lipinski definition) is 4. The van der Waals surface area contributed by atoms with E-state index >= 15 is 0 Å². The van der Waals surface area contributed by atoms with E-state index in [1.807, 2.05) is 6.07 Å². The molecule has 114 valence electrons. The van der Waals surface area contributed by atoms with Gasteiger partial charge in [0.25, 0.3) is 5.91 Å². The summed E-state index contributed by atoms with van der Waals surface area (Å²) in [5.74, 6) is -0.908. The fraction of sp³-hybridized carbons (Fsp3) is 0.188. The monoisotopic (exact) mass is 300 g/mol. The quantitative estimate of drug-likeness (QED) is 0.796. The van der Waals surface area contributed by atoms with Crippen LogP contribution in [0.25, 0.3) is 0 Å². The van der Waals surface area contributed by atoms with Crippen LogP contribution in [-0.4, -0.2) is 30.1 Å². The summed E-state index contributed by atoms with van der Waals surface area (Å²) in [5, 5.41) is 0. The molecule has 0 unspecified atom stereocenters. The van der Waals surface area contributed by atoms with Crippen LogP contribution in [0.5, 0.6) is 0 Å². The van der Waals surface area contributed by atoms with Crippen molar-refractivity contribution >= 4 is 17.6 Å². The van der Waals surface area contributed by atoms with Crippen LogP contribution in [0.3, 0.4) is 0 Å². The maximum Gasteiger partial charge on any atom is 0.325 e. The van der Waals surface area contributed by atoms with E-state index in [9.17, 15) is 14.4 Å². The first-order valence-corrected chi connectivity index (χ1v) is 6.63. The van der Waals surface area contributed by atoms with Crippen LogP contribution in [0.1, 0.15) is 10.4 Å². The number of pyridine rings is 1. The Bertz CT molecular complexity index is 737. The van der Waals surface area contributed by atoms with Crippen LogP contribution in [-0.2, 0) is 16.6 Å². The van der Waals surface area contributed by atoms with E-state index in [0.717, 1.165) is 0 Å². The molecular formula is C16H16N2O4. The van der Waals surface area contributed by atoms with Gasteiger partial charge in [-0.3, -0.25) is 19.3 Å². The van der Waals surface area contributed by atoms with Crippen molar-refractivity contribution in [1.29, 1.82) is 0 Å². The molecule has 0 bridgehead atoms. The maximum absolute atomic E-state index is 12.7. The van der Waals surface area contributed by atoms with Gasteiger partial charge in [0, 0.05) is 25.0 Å². The Kier molecular flexibility index (Phi) is 4.73. The topological polar surface area (TPSA) is 68.6 Å². The molecule has 1 aromatic heterocycles. The van der Waals surface area contributed by atoms with Gasteiger partial charge in [-0.15, -0.1) is 0 Å². The second-order valence-corrected chi connectivity index (χ2v) is 4.67. The Labute approximate surface area is 127 Å². The zero-order valence-corrected chi connectivity index (χ0v) is 12.4. The molecule has 0 aliphatic carbocycles. The Morgan fingerprint density at radius 1 is 1.14 bits per heavy atom. The Morgan fingerprint density at radius 2 is 1.82 bits per heavy atom. The van der Waals surface area contributed by atoms with Crippen LogP contribution in [0.2, 0.25) is 0 Å². The number of esters is 1. The Hall–Kier alpha value is -2.89. The molecule has 1 aromatic carbocycles. The molecule has 0 spiro atoms. The van der Waals surface area contributed by atoms with Gasteiger partial charge in [-0.1, -0.05) is 18.2 Å². The summed E-state index contributed by atoms with van der Waals surface area (Å²) in [6.07, 6.45) is 1.44. The summed E-state index contributed by atoms with van der Waals surface area (Å²) in [7, 11) is 2.83. The average molecular weight is 300 g/mol. The third-order valence-electron chi connectivity index (χ3n) is 3.16. The zero-order chi connectivity index (χ0) is 16.1. The first-order valence-electron chi connectivity index (χ1n) is 6.63. The molecule has 2 aromatic rings. The number of rotatable bonds is 4. The second-order valence-electron chi connectivity index (χ2n) is 4.67. The van der Waals surface area contributed by atoms with E-state index in [1.165, 1.54) is 34.9 Å². The van der Waals surface area contributed by atoms with Crippen molar-refractivity contribution in [1.82, 2.24) is 4.57 Å². The van der Waals surface area contributed by atoms with Gasteiger partial charge < -0.3 is 9.30 Å². The molecule has 6 nitrogen and oxygen atoms in total. The van der Waals surface area contributed by atoms with E-state index in [1.54, 1.807) is 31.3 Å². The number of hydrogen-bond donors (Lipinski definition) is 0. The first-order chi connectivity index (χ1) is 10.5.